The zero-order valence-electron chi connectivity index (χ0n) is 20.6. The van der Waals surface area contributed by atoms with Gasteiger partial charge in [-0.05, 0) is 68.8 Å². The van der Waals surface area contributed by atoms with E-state index in [-0.39, 0.29) is 6.03 Å². The molecule has 0 spiro atoms. The number of hydrogen-bond acceptors (Lipinski definition) is 5. The van der Waals surface area contributed by atoms with Crippen LogP contribution in [0.25, 0.3) is 0 Å². The van der Waals surface area contributed by atoms with Crippen LogP contribution in [-0.4, -0.2) is 82.7 Å². The number of nitrogens with zero attached hydrogens (tertiary/aromatic N) is 4. The fourth-order valence-corrected chi connectivity index (χ4v) is 6.29. The molecule has 2 N–H and O–H groups in total. The van der Waals surface area contributed by atoms with Crippen molar-refractivity contribution in [3.8, 4) is 0 Å². The van der Waals surface area contributed by atoms with Gasteiger partial charge in [0.15, 0.2) is 0 Å². The molecule has 2 aliphatic heterocycles. The molecule has 0 radical (unpaired) electrons. The molecule has 2 aromatic rings. The van der Waals surface area contributed by atoms with E-state index in [1.165, 1.54) is 6.42 Å². The number of aliphatic hydroxyl groups is 1. The molecule has 0 bridgehead atoms. The molecule has 1 aliphatic carbocycles. The van der Waals surface area contributed by atoms with E-state index in [0.29, 0.717) is 27.7 Å². The number of amides is 2. The number of anilines is 1. The van der Waals surface area contributed by atoms with E-state index >= 15 is 0 Å². The number of halogens is 2. The molecule has 9 heteroatoms. The first kappa shape index (κ1) is 25.7. The summed E-state index contributed by atoms with van der Waals surface area (Å²) < 4.78 is 0. The van der Waals surface area contributed by atoms with Crippen molar-refractivity contribution in [2.24, 2.45) is 5.92 Å². The topological polar surface area (TPSA) is 71.9 Å². The molecule has 5 rings (SSSR count). The van der Waals surface area contributed by atoms with Crippen molar-refractivity contribution >= 4 is 34.9 Å². The van der Waals surface area contributed by atoms with Gasteiger partial charge in [0.1, 0.15) is 0 Å². The number of aromatic nitrogens is 1. The third kappa shape index (κ3) is 5.97. The lowest BCUT2D eigenvalue weighted by molar-refractivity contribution is -0.0229. The largest absolute Gasteiger partial charge is 0.385 e. The van der Waals surface area contributed by atoms with E-state index in [1.54, 1.807) is 24.4 Å². The summed E-state index contributed by atoms with van der Waals surface area (Å²) in [5.41, 5.74) is 0.882. The van der Waals surface area contributed by atoms with Gasteiger partial charge >= 0.3 is 6.03 Å². The Morgan fingerprint density at radius 1 is 1.06 bits per heavy atom. The monoisotopic (exact) mass is 531 g/mol. The Morgan fingerprint density at radius 3 is 2.53 bits per heavy atom. The first-order chi connectivity index (χ1) is 17.4. The number of pyridine rings is 1. The van der Waals surface area contributed by atoms with Gasteiger partial charge in [-0.25, -0.2) is 4.79 Å². The number of nitrogens with one attached hydrogen (secondary N) is 1. The number of likely N-dealkylation sites (tertiary alicyclic amines) is 1. The lowest BCUT2D eigenvalue weighted by Gasteiger charge is -2.40. The SMILES string of the molecule is O=C(Nc1ccc(Cl)c(Cl)c1)N1CCN(C[C@H]2CCN([C@H]3CC[C@@](O)(c4cccnc4)CC3)C2)CC1. The minimum absolute atomic E-state index is 0.0939. The second-order valence-corrected chi connectivity index (χ2v) is 11.3. The summed E-state index contributed by atoms with van der Waals surface area (Å²) in [6, 6.07) is 9.51. The van der Waals surface area contributed by atoms with Crippen LogP contribution in [0.1, 0.15) is 37.7 Å². The Bertz CT molecular complexity index is 1040. The molecule has 1 atom stereocenters. The Hall–Kier alpha value is -1.90. The van der Waals surface area contributed by atoms with Crippen LogP contribution in [0, 0.1) is 5.92 Å². The molecule has 2 saturated heterocycles. The molecule has 1 saturated carbocycles. The molecule has 3 heterocycles. The standard InChI is InChI=1S/C27H35Cl2N5O2/c28-24-4-3-22(16-25(24)29)31-26(35)33-14-12-32(13-15-33)18-20-7-11-34(19-20)23-5-8-27(36,9-6-23)21-2-1-10-30-17-21/h1-4,10,16-17,20,23,36H,5-9,11-15,18-19H2,(H,31,35)/t20-,23-,27-/m1/s1. The van der Waals surface area contributed by atoms with Crippen molar-refractivity contribution < 1.29 is 9.90 Å². The highest BCUT2D eigenvalue weighted by atomic mass is 35.5. The van der Waals surface area contributed by atoms with Crippen LogP contribution in [0.2, 0.25) is 10.0 Å². The summed E-state index contributed by atoms with van der Waals surface area (Å²) in [6.45, 7) is 6.60. The maximum absolute atomic E-state index is 12.7. The molecular formula is C27H35Cl2N5O2. The summed E-state index contributed by atoms with van der Waals surface area (Å²) in [6.07, 6.45) is 8.46. The molecule has 1 aromatic carbocycles. The predicted octanol–water partition coefficient (Wildman–Crippen LogP) is 4.69. The third-order valence-corrected chi connectivity index (χ3v) is 8.90. The van der Waals surface area contributed by atoms with Gasteiger partial charge in [-0.1, -0.05) is 29.3 Å². The van der Waals surface area contributed by atoms with Gasteiger partial charge < -0.3 is 20.2 Å². The molecule has 3 fully saturated rings. The van der Waals surface area contributed by atoms with E-state index in [1.807, 2.05) is 23.2 Å². The van der Waals surface area contributed by atoms with Crippen LogP contribution in [0.15, 0.2) is 42.7 Å². The fraction of sp³-hybridized carbons (Fsp3) is 0.556. The maximum atomic E-state index is 12.7. The lowest BCUT2D eigenvalue weighted by atomic mass is 9.78. The van der Waals surface area contributed by atoms with Crippen molar-refractivity contribution in [1.29, 1.82) is 0 Å². The minimum Gasteiger partial charge on any atom is -0.385 e. The molecule has 7 nitrogen and oxygen atoms in total. The van der Waals surface area contributed by atoms with Crippen molar-refractivity contribution in [3.05, 3.63) is 58.3 Å². The van der Waals surface area contributed by atoms with E-state index < -0.39 is 5.60 Å². The van der Waals surface area contributed by atoms with Crippen LogP contribution in [0.5, 0.6) is 0 Å². The Balaban J connectivity index is 1.04. The Kier molecular flexibility index (Phi) is 8.03. The van der Waals surface area contributed by atoms with E-state index in [9.17, 15) is 9.90 Å². The average Bonchev–Trinajstić information content (AvgIpc) is 3.36. The molecular weight excluding hydrogens is 497 g/mol. The van der Waals surface area contributed by atoms with Gasteiger partial charge in [0.25, 0.3) is 0 Å². The quantitative estimate of drug-likeness (QED) is 0.585. The number of piperazine rings is 1. The number of carbonyl (C=O) groups is 1. The highest BCUT2D eigenvalue weighted by Gasteiger charge is 2.38. The van der Waals surface area contributed by atoms with Crippen molar-refractivity contribution in [3.63, 3.8) is 0 Å². The number of rotatable bonds is 5. The van der Waals surface area contributed by atoms with Gasteiger partial charge in [0, 0.05) is 69.0 Å². The van der Waals surface area contributed by atoms with E-state index in [4.69, 9.17) is 23.2 Å². The second kappa shape index (κ2) is 11.2. The summed E-state index contributed by atoms with van der Waals surface area (Å²) >= 11 is 12.0. The number of hydrogen-bond donors (Lipinski definition) is 2. The van der Waals surface area contributed by atoms with Crippen LogP contribution in [0.4, 0.5) is 10.5 Å². The summed E-state index contributed by atoms with van der Waals surface area (Å²) in [5, 5.41) is 15.0. The highest BCUT2D eigenvalue weighted by molar-refractivity contribution is 6.42. The van der Waals surface area contributed by atoms with Gasteiger partial charge in [-0.3, -0.25) is 9.88 Å². The lowest BCUT2D eigenvalue weighted by Crippen LogP contribution is -2.51. The normalized spacial score (nSPS) is 27.8. The number of urea groups is 1. The maximum Gasteiger partial charge on any atom is 0.321 e. The van der Waals surface area contributed by atoms with Gasteiger partial charge in [0.05, 0.1) is 15.6 Å². The predicted molar refractivity (Wildman–Crippen MR) is 144 cm³/mol. The zero-order valence-corrected chi connectivity index (χ0v) is 22.1. The van der Waals surface area contributed by atoms with Gasteiger partial charge in [-0.15, -0.1) is 0 Å². The number of benzene rings is 1. The molecule has 3 aliphatic rings. The first-order valence-electron chi connectivity index (χ1n) is 13.0. The fourth-order valence-electron chi connectivity index (χ4n) is 5.99. The number of carbonyl (C=O) groups excluding carboxylic acids is 1. The molecule has 194 valence electrons. The summed E-state index contributed by atoms with van der Waals surface area (Å²) in [7, 11) is 0. The smallest absolute Gasteiger partial charge is 0.321 e. The Morgan fingerprint density at radius 2 is 1.83 bits per heavy atom. The van der Waals surface area contributed by atoms with Crippen LogP contribution >= 0.6 is 23.2 Å². The third-order valence-electron chi connectivity index (χ3n) is 8.16. The van der Waals surface area contributed by atoms with Gasteiger partial charge in [-0.2, -0.15) is 0 Å². The molecule has 0 unspecified atom stereocenters. The van der Waals surface area contributed by atoms with Crippen LogP contribution in [-0.2, 0) is 5.60 Å². The first-order valence-corrected chi connectivity index (χ1v) is 13.8. The highest BCUT2D eigenvalue weighted by Crippen LogP contribution is 2.39. The average molecular weight is 533 g/mol. The van der Waals surface area contributed by atoms with Crippen molar-refractivity contribution in [2.75, 3.05) is 51.1 Å². The van der Waals surface area contributed by atoms with E-state index in [2.05, 4.69) is 20.1 Å². The Labute approximate surface area is 223 Å². The van der Waals surface area contributed by atoms with E-state index in [0.717, 1.165) is 77.1 Å². The molecule has 2 amide bonds. The second-order valence-electron chi connectivity index (χ2n) is 10.5. The van der Waals surface area contributed by atoms with Gasteiger partial charge in [0.2, 0.25) is 0 Å². The van der Waals surface area contributed by atoms with Crippen molar-refractivity contribution in [2.45, 2.75) is 43.7 Å². The van der Waals surface area contributed by atoms with Crippen molar-refractivity contribution in [1.82, 2.24) is 19.7 Å². The zero-order chi connectivity index (χ0) is 25.1. The van der Waals surface area contributed by atoms with Crippen LogP contribution in [0.3, 0.4) is 0 Å². The van der Waals surface area contributed by atoms with Crippen LogP contribution < -0.4 is 5.32 Å². The summed E-state index contributed by atoms with van der Waals surface area (Å²) in [4.78, 5) is 23.9. The summed E-state index contributed by atoms with van der Waals surface area (Å²) in [5.74, 6) is 0.667. The molecule has 36 heavy (non-hydrogen) atoms. The minimum atomic E-state index is -0.727. The molecule has 1 aromatic heterocycles.